The fraction of sp³-hybridized carbons (Fsp3) is 0.300. The quantitative estimate of drug-likeness (QED) is 0.770. The molecule has 1 aliphatic heterocycles. The number of hydrogen-bond donors (Lipinski definition) is 0. The minimum atomic E-state index is -2.57. The number of rotatable bonds is 2. The third-order valence-electron chi connectivity index (χ3n) is 2.39. The van der Waals surface area contributed by atoms with Crippen LogP contribution in [0.2, 0.25) is 10.0 Å². The Balaban J connectivity index is 2.26. The van der Waals surface area contributed by atoms with E-state index in [9.17, 15) is 8.78 Å². The van der Waals surface area contributed by atoms with Gasteiger partial charge in [0.05, 0.1) is 10.7 Å². The van der Waals surface area contributed by atoms with Gasteiger partial charge in [-0.05, 0) is 25.1 Å². The average Bonchev–Trinajstić information content (AvgIpc) is 2.60. The molecule has 0 aliphatic carbocycles. The summed E-state index contributed by atoms with van der Waals surface area (Å²) in [7, 11) is 0. The third-order valence-corrected chi connectivity index (χ3v) is 2.93. The van der Waals surface area contributed by atoms with Crippen molar-refractivity contribution in [1.29, 1.82) is 0 Å². The van der Waals surface area contributed by atoms with Gasteiger partial charge in [-0.3, -0.25) is 4.90 Å². The fourth-order valence-corrected chi connectivity index (χ4v) is 2.04. The van der Waals surface area contributed by atoms with Gasteiger partial charge in [0.25, 0.3) is 0 Å². The van der Waals surface area contributed by atoms with Crippen LogP contribution >= 0.6 is 23.2 Å². The highest BCUT2D eigenvalue weighted by molar-refractivity contribution is 6.36. The zero-order valence-corrected chi connectivity index (χ0v) is 10.4. The van der Waals surface area contributed by atoms with Gasteiger partial charge in [0.2, 0.25) is 0 Å². The molecule has 1 aromatic rings. The highest BCUT2D eigenvalue weighted by Gasteiger charge is 2.27. The lowest BCUT2D eigenvalue weighted by atomic mass is 10.3. The molecular formula is C10H9Cl2F2N3. The van der Waals surface area contributed by atoms with Crippen molar-refractivity contribution in [2.24, 2.45) is 5.10 Å². The maximum atomic E-state index is 12.6. The van der Waals surface area contributed by atoms with Gasteiger partial charge in [-0.25, -0.2) is 5.01 Å². The predicted molar refractivity (Wildman–Crippen MR) is 64.8 cm³/mol. The second kappa shape index (κ2) is 4.66. The van der Waals surface area contributed by atoms with E-state index in [1.54, 1.807) is 18.2 Å². The molecule has 0 unspecified atom stereocenters. The smallest absolute Gasteiger partial charge is 0.283 e. The first kappa shape index (κ1) is 12.4. The van der Waals surface area contributed by atoms with Gasteiger partial charge in [0.1, 0.15) is 12.5 Å². The summed E-state index contributed by atoms with van der Waals surface area (Å²) < 4.78 is 25.2. The van der Waals surface area contributed by atoms with E-state index in [1.165, 1.54) is 11.9 Å². The van der Waals surface area contributed by atoms with Crippen LogP contribution in [0.1, 0.15) is 6.92 Å². The molecule has 2 rings (SSSR count). The highest BCUT2D eigenvalue weighted by atomic mass is 35.5. The SMILES string of the molecule is CC1=NN(c2ccc(Cl)cc2Cl)CN1C(F)F. The standard InChI is InChI=1S/C10H9Cl2F2N3/c1-6-15-17(5-16(6)10(13)14)9-3-2-7(11)4-8(9)12/h2-4,10H,5H2,1H3. The van der Waals surface area contributed by atoms with Gasteiger partial charge in [0.15, 0.2) is 0 Å². The van der Waals surface area contributed by atoms with E-state index in [-0.39, 0.29) is 12.5 Å². The first-order chi connectivity index (χ1) is 7.99. The largest absolute Gasteiger partial charge is 0.317 e. The predicted octanol–water partition coefficient (Wildman–Crippen LogP) is 3.63. The molecule has 1 aliphatic rings. The average molecular weight is 280 g/mol. The molecule has 0 saturated carbocycles. The van der Waals surface area contributed by atoms with Crippen molar-refractivity contribution in [2.75, 3.05) is 11.7 Å². The Morgan fingerprint density at radius 1 is 1.35 bits per heavy atom. The Morgan fingerprint density at radius 2 is 2.06 bits per heavy atom. The zero-order valence-electron chi connectivity index (χ0n) is 8.87. The second-order valence-electron chi connectivity index (χ2n) is 3.53. The molecule has 92 valence electrons. The molecule has 17 heavy (non-hydrogen) atoms. The molecule has 0 N–H and O–H groups in total. The van der Waals surface area contributed by atoms with Crippen LogP contribution in [-0.2, 0) is 0 Å². The van der Waals surface area contributed by atoms with E-state index in [4.69, 9.17) is 23.2 Å². The van der Waals surface area contributed by atoms with Crippen molar-refractivity contribution in [3.05, 3.63) is 28.2 Å². The van der Waals surface area contributed by atoms with Crippen LogP contribution < -0.4 is 5.01 Å². The molecular weight excluding hydrogens is 271 g/mol. The lowest BCUT2D eigenvalue weighted by Crippen LogP contribution is -2.34. The molecule has 1 aromatic carbocycles. The molecule has 0 aromatic heterocycles. The summed E-state index contributed by atoms with van der Waals surface area (Å²) in [6.07, 6.45) is 0. The van der Waals surface area contributed by atoms with Gasteiger partial charge in [-0.1, -0.05) is 23.2 Å². The number of anilines is 1. The summed E-state index contributed by atoms with van der Waals surface area (Å²) >= 11 is 11.7. The Kier molecular flexibility index (Phi) is 3.40. The fourth-order valence-electron chi connectivity index (χ4n) is 1.53. The van der Waals surface area contributed by atoms with Crippen molar-refractivity contribution in [3.63, 3.8) is 0 Å². The number of nitrogens with zero attached hydrogens (tertiary/aromatic N) is 3. The number of alkyl halides is 2. The van der Waals surface area contributed by atoms with Crippen molar-refractivity contribution >= 4 is 34.7 Å². The molecule has 0 atom stereocenters. The van der Waals surface area contributed by atoms with Crippen LogP contribution in [0, 0.1) is 0 Å². The molecule has 0 amide bonds. The van der Waals surface area contributed by atoms with E-state index in [1.807, 2.05) is 0 Å². The van der Waals surface area contributed by atoms with E-state index < -0.39 is 6.55 Å². The molecule has 7 heteroatoms. The topological polar surface area (TPSA) is 18.8 Å². The van der Waals surface area contributed by atoms with Crippen molar-refractivity contribution < 1.29 is 8.78 Å². The molecule has 3 nitrogen and oxygen atoms in total. The summed E-state index contributed by atoms with van der Waals surface area (Å²) in [4.78, 5) is 0.880. The van der Waals surface area contributed by atoms with Gasteiger partial charge in [-0.15, -0.1) is 0 Å². The molecule has 0 saturated heterocycles. The van der Waals surface area contributed by atoms with Gasteiger partial charge >= 0.3 is 6.55 Å². The van der Waals surface area contributed by atoms with E-state index in [0.717, 1.165) is 4.90 Å². The maximum Gasteiger partial charge on any atom is 0.317 e. The third kappa shape index (κ3) is 2.45. The minimum absolute atomic E-state index is 0.0230. The Hall–Kier alpha value is -1.07. The van der Waals surface area contributed by atoms with Crippen LogP contribution in [0.5, 0.6) is 0 Å². The van der Waals surface area contributed by atoms with Crippen molar-refractivity contribution in [1.82, 2.24) is 4.90 Å². The number of hydrazone groups is 1. The van der Waals surface area contributed by atoms with Gasteiger partial charge in [-0.2, -0.15) is 13.9 Å². The van der Waals surface area contributed by atoms with Crippen LogP contribution in [0.25, 0.3) is 0 Å². The molecule has 0 radical (unpaired) electrons. The number of hydrogen-bond acceptors (Lipinski definition) is 3. The Bertz CT molecular complexity index is 465. The Labute approximate surface area is 107 Å². The van der Waals surface area contributed by atoms with Crippen molar-refractivity contribution in [3.8, 4) is 0 Å². The molecule has 0 spiro atoms. The van der Waals surface area contributed by atoms with E-state index in [0.29, 0.717) is 15.7 Å². The van der Waals surface area contributed by atoms with E-state index >= 15 is 0 Å². The minimum Gasteiger partial charge on any atom is -0.283 e. The summed E-state index contributed by atoms with van der Waals surface area (Å²) in [5, 5.41) is 6.31. The molecule has 0 bridgehead atoms. The van der Waals surface area contributed by atoms with Gasteiger partial charge < -0.3 is 0 Å². The number of amidine groups is 1. The van der Waals surface area contributed by atoms with Crippen LogP contribution in [0.15, 0.2) is 23.3 Å². The van der Waals surface area contributed by atoms with Crippen LogP contribution in [0.4, 0.5) is 14.5 Å². The summed E-state index contributed by atoms with van der Waals surface area (Å²) in [6.45, 7) is -1.07. The Morgan fingerprint density at radius 3 is 2.59 bits per heavy atom. The molecule has 1 heterocycles. The second-order valence-corrected chi connectivity index (χ2v) is 4.37. The molecule has 0 fully saturated rings. The zero-order chi connectivity index (χ0) is 12.6. The van der Waals surface area contributed by atoms with Crippen molar-refractivity contribution in [2.45, 2.75) is 13.5 Å². The lowest BCUT2D eigenvalue weighted by Gasteiger charge is -2.19. The number of halogens is 4. The normalized spacial score (nSPS) is 15.8. The van der Waals surface area contributed by atoms with Crippen LogP contribution in [-0.4, -0.2) is 24.0 Å². The van der Waals surface area contributed by atoms with E-state index in [2.05, 4.69) is 5.10 Å². The lowest BCUT2D eigenvalue weighted by molar-refractivity contribution is 0.0268. The monoisotopic (exact) mass is 279 g/mol. The van der Waals surface area contributed by atoms with Crippen LogP contribution in [0.3, 0.4) is 0 Å². The summed E-state index contributed by atoms with van der Waals surface area (Å²) in [5.41, 5.74) is 0.554. The summed E-state index contributed by atoms with van der Waals surface area (Å²) in [6, 6.07) is 4.84. The highest BCUT2D eigenvalue weighted by Crippen LogP contribution is 2.31. The first-order valence-electron chi connectivity index (χ1n) is 4.81. The maximum absolute atomic E-state index is 12.6. The van der Waals surface area contributed by atoms with Gasteiger partial charge in [0, 0.05) is 5.02 Å². The summed E-state index contributed by atoms with van der Waals surface area (Å²) in [5.74, 6) is 0.256. The number of benzene rings is 1. The first-order valence-corrected chi connectivity index (χ1v) is 5.57.